The molecule has 0 amide bonds. The average molecular weight is 435 g/mol. The zero-order valence-electron chi connectivity index (χ0n) is 18.4. The third-order valence-electron chi connectivity index (χ3n) is 5.08. The predicted octanol–water partition coefficient (Wildman–Crippen LogP) is 5.74. The van der Waals surface area contributed by atoms with E-state index in [-0.39, 0.29) is 5.41 Å². The fraction of sp³-hybridized carbons (Fsp3) is 0.292. The molecule has 7 heteroatoms. The Labute approximate surface area is 186 Å². The molecule has 2 heterocycles. The van der Waals surface area contributed by atoms with Crippen LogP contribution in [-0.4, -0.2) is 26.9 Å². The molecular formula is C24H26N4O2S. The highest BCUT2D eigenvalue weighted by atomic mass is 32.2. The zero-order valence-corrected chi connectivity index (χ0v) is 19.2. The van der Waals surface area contributed by atoms with E-state index in [9.17, 15) is 0 Å². The minimum atomic E-state index is 0.127. The summed E-state index contributed by atoms with van der Waals surface area (Å²) in [5, 5.41) is 9.60. The smallest absolute Gasteiger partial charge is 0.226 e. The van der Waals surface area contributed by atoms with E-state index in [1.807, 2.05) is 35.9 Å². The maximum absolute atomic E-state index is 5.65. The molecule has 6 nitrogen and oxygen atoms in total. The molecule has 2 aromatic carbocycles. The molecule has 0 spiro atoms. The van der Waals surface area contributed by atoms with E-state index >= 15 is 0 Å². The largest absolute Gasteiger partial charge is 0.497 e. The lowest BCUT2D eigenvalue weighted by atomic mass is 9.87. The van der Waals surface area contributed by atoms with Gasteiger partial charge in [0, 0.05) is 23.9 Å². The third kappa shape index (κ3) is 4.66. The summed E-state index contributed by atoms with van der Waals surface area (Å²) < 4.78 is 12.9. The van der Waals surface area contributed by atoms with Gasteiger partial charge in [-0.15, -0.1) is 10.2 Å². The summed E-state index contributed by atoms with van der Waals surface area (Å²) in [6.45, 7) is 6.63. The Morgan fingerprint density at radius 1 is 0.968 bits per heavy atom. The minimum absolute atomic E-state index is 0.127. The molecule has 4 aromatic rings. The number of thioether (sulfide) groups is 1. The lowest BCUT2D eigenvalue weighted by Crippen LogP contribution is -2.10. The van der Waals surface area contributed by atoms with Gasteiger partial charge in [-0.1, -0.05) is 56.8 Å². The first kappa shape index (κ1) is 21.2. The summed E-state index contributed by atoms with van der Waals surface area (Å²) >= 11 is 1.58. The first-order valence-electron chi connectivity index (χ1n) is 10.1. The Morgan fingerprint density at radius 2 is 1.65 bits per heavy atom. The molecule has 31 heavy (non-hydrogen) atoms. The fourth-order valence-corrected chi connectivity index (χ4v) is 3.98. The molecule has 0 radical (unpaired) electrons. The van der Waals surface area contributed by atoms with Gasteiger partial charge in [0.15, 0.2) is 11.0 Å². The standard InChI is InChI=1S/C24H26N4O2S/c1-24(2,3)18-10-6-16(7-11-18)21-26-27-23(28(21)4)31-15-19-14-30-22(25-19)17-8-12-20(29-5)13-9-17/h6-14H,15H2,1-5H3. The van der Waals surface area contributed by atoms with E-state index in [0.717, 1.165) is 33.6 Å². The van der Waals surface area contributed by atoms with Gasteiger partial charge in [0.1, 0.15) is 12.0 Å². The summed E-state index contributed by atoms with van der Waals surface area (Å²) in [5.74, 6) is 2.89. The topological polar surface area (TPSA) is 66.0 Å². The Hall–Kier alpha value is -3.06. The third-order valence-corrected chi connectivity index (χ3v) is 6.14. The van der Waals surface area contributed by atoms with Crippen molar-refractivity contribution in [3.8, 4) is 28.6 Å². The molecule has 0 fully saturated rings. The normalized spacial score (nSPS) is 11.6. The summed E-state index contributed by atoms with van der Waals surface area (Å²) in [4.78, 5) is 4.59. The minimum Gasteiger partial charge on any atom is -0.497 e. The molecule has 0 saturated carbocycles. The maximum atomic E-state index is 5.65. The van der Waals surface area contributed by atoms with E-state index in [1.54, 1.807) is 25.1 Å². The van der Waals surface area contributed by atoms with Crippen molar-refractivity contribution in [2.75, 3.05) is 7.11 Å². The quantitative estimate of drug-likeness (QED) is 0.361. The van der Waals surface area contributed by atoms with Crippen LogP contribution >= 0.6 is 11.8 Å². The lowest BCUT2D eigenvalue weighted by Gasteiger charge is -2.19. The first-order valence-corrected chi connectivity index (χ1v) is 11.1. The van der Waals surface area contributed by atoms with Crippen molar-refractivity contribution in [2.24, 2.45) is 7.05 Å². The second-order valence-electron chi connectivity index (χ2n) is 8.35. The van der Waals surface area contributed by atoms with Crippen molar-refractivity contribution >= 4 is 11.8 Å². The van der Waals surface area contributed by atoms with Crippen LogP contribution in [0.25, 0.3) is 22.8 Å². The van der Waals surface area contributed by atoms with E-state index < -0.39 is 0 Å². The van der Waals surface area contributed by atoms with Gasteiger partial charge in [-0.05, 0) is 35.2 Å². The summed E-state index contributed by atoms with van der Waals surface area (Å²) in [5.41, 5.74) is 4.25. The van der Waals surface area contributed by atoms with Crippen molar-refractivity contribution in [1.29, 1.82) is 0 Å². The molecule has 0 aliphatic carbocycles. The SMILES string of the molecule is COc1ccc(-c2nc(CSc3nnc(-c4ccc(C(C)(C)C)cc4)n3C)co2)cc1. The number of benzene rings is 2. The van der Waals surface area contributed by atoms with Crippen molar-refractivity contribution in [3.05, 3.63) is 66.1 Å². The van der Waals surface area contributed by atoms with Gasteiger partial charge in [0.2, 0.25) is 5.89 Å². The van der Waals surface area contributed by atoms with Gasteiger partial charge < -0.3 is 13.7 Å². The van der Waals surface area contributed by atoms with Crippen LogP contribution in [-0.2, 0) is 18.2 Å². The van der Waals surface area contributed by atoms with Crippen LogP contribution in [0.1, 0.15) is 32.0 Å². The highest BCUT2D eigenvalue weighted by molar-refractivity contribution is 7.98. The molecule has 0 unspecified atom stereocenters. The van der Waals surface area contributed by atoms with E-state index in [4.69, 9.17) is 9.15 Å². The first-order chi connectivity index (χ1) is 14.8. The number of oxazole rings is 1. The summed E-state index contributed by atoms with van der Waals surface area (Å²) in [6.07, 6.45) is 1.69. The lowest BCUT2D eigenvalue weighted by molar-refractivity contribution is 0.415. The van der Waals surface area contributed by atoms with Crippen LogP contribution in [0.2, 0.25) is 0 Å². The Morgan fingerprint density at radius 3 is 2.29 bits per heavy atom. The second kappa shape index (κ2) is 8.59. The number of methoxy groups -OCH3 is 1. The molecular weight excluding hydrogens is 408 g/mol. The van der Waals surface area contributed by atoms with Gasteiger partial charge in [-0.25, -0.2) is 4.98 Å². The highest BCUT2D eigenvalue weighted by Crippen LogP contribution is 2.29. The van der Waals surface area contributed by atoms with Crippen molar-refractivity contribution in [1.82, 2.24) is 19.7 Å². The Balaban J connectivity index is 1.44. The summed E-state index contributed by atoms with van der Waals surface area (Å²) in [6, 6.07) is 16.2. The van der Waals surface area contributed by atoms with Gasteiger partial charge in [0.25, 0.3) is 0 Å². The average Bonchev–Trinajstić information content (AvgIpc) is 3.38. The van der Waals surface area contributed by atoms with Crippen LogP contribution in [0.15, 0.2) is 64.4 Å². The molecule has 2 aromatic heterocycles. The highest BCUT2D eigenvalue weighted by Gasteiger charge is 2.16. The molecule has 0 aliphatic heterocycles. The van der Waals surface area contributed by atoms with E-state index in [0.29, 0.717) is 11.6 Å². The molecule has 0 saturated heterocycles. The molecule has 4 rings (SSSR count). The zero-order chi connectivity index (χ0) is 22.0. The number of nitrogens with zero attached hydrogens (tertiary/aromatic N) is 4. The van der Waals surface area contributed by atoms with Crippen molar-refractivity contribution < 1.29 is 9.15 Å². The number of hydrogen-bond donors (Lipinski definition) is 0. The van der Waals surface area contributed by atoms with Gasteiger partial charge in [-0.3, -0.25) is 0 Å². The number of hydrogen-bond acceptors (Lipinski definition) is 6. The summed E-state index contributed by atoms with van der Waals surface area (Å²) in [7, 11) is 3.63. The molecule has 0 N–H and O–H groups in total. The van der Waals surface area contributed by atoms with Crippen LogP contribution in [0.5, 0.6) is 5.75 Å². The van der Waals surface area contributed by atoms with E-state index in [2.05, 4.69) is 60.2 Å². The number of aromatic nitrogens is 4. The predicted molar refractivity (Wildman–Crippen MR) is 123 cm³/mol. The van der Waals surface area contributed by atoms with Crippen LogP contribution in [0.4, 0.5) is 0 Å². The van der Waals surface area contributed by atoms with Crippen molar-refractivity contribution in [3.63, 3.8) is 0 Å². The van der Waals surface area contributed by atoms with Crippen molar-refractivity contribution in [2.45, 2.75) is 37.1 Å². The second-order valence-corrected chi connectivity index (χ2v) is 9.30. The Kier molecular flexibility index (Phi) is 5.87. The van der Waals surface area contributed by atoms with Gasteiger partial charge in [-0.2, -0.15) is 0 Å². The van der Waals surface area contributed by atoms with Gasteiger partial charge >= 0.3 is 0 Å². The van der Waals surface area contributed by atoms with Crippen LogP contribution in [0, 0.1) is 0 Å². The molecule has 0 bridgehead atoms. The van der Waals surface area contributed by atoms with Crippen LogP contribution < -0.4 is 4.74 Å². The van der Waals surface area contributed by atoms with Crippen LogP contribution in [0.3, 0.4) is 0 Å². The fourth-order valence-electron chi connectivity index (χ4n) is 3.19. The molecule has 0 aliphatic rings. The molecule has 160 valence electrons. The van der Waals surface area contributed by atoms with Gasteiger partial charge in [0.05, 0.1) is 12.8 Å². The van der Waals surface area contributed by atoms with E-state index in [1.165, 1.54) is 5.56 Å². The Bertz CT molecular complexity index is 1160. The number of ether oxygens (including phenoxy) is 1. The number of rotatable bonds is 6. The molecule has 0 atom stereocenters. The monoisotopic (exact) mass is 434 g/mol. The maximum Gasteiger partial charge on any atom is 0.226 e.